The van der Waals surface area contributed by atoms with Crippen molar-refractivity contribution in [3.05, 3.63) is 35.9 Å². The van der Waals surface area contributed by atoms with Crippen LogP contribution in [0.3, 0.4) is 0 Å². The van der Waals surface area contributed by atoms with Crippen LogP contribution in [0.4, 0.5) is 0 Å². The quantitative estimate of drug-likeness (QED) is 0.824. The van der Waals surface area contributed by atoms with Crippen molar-refractivity contribution in [2.45, 2.75) is 25.3 Å². The summed E-state index contributed by atoms with van der Waals surface area (Å²) in [5, 5.41) is 12.2. The molecule has 5 heteroatoms. The van der Waals surface area contributed by atoms with E-state index in [-0.39, 0.29) is 5.91 Å². The molecule has 0 radical (unpaired) electrons. The predicted molar refractivity (Wildman–Crippen MR) is 75.3 cm³/mol. The molecule has 1 aromatic rings. The fourth-order valence-corrected chi connectivity index (χ4v) is 2.44. The van der Waals surface area contributed by atoms with Crippen molar-refractivity contribution >= 4 is 11.9 Å². The maximum absolute atomic E-state index is 11.9. The molecule has 1 fully saturated rings. The average molecular weight is 276 g/mol. The van der Waals surface area contributed by atoms with Crippen molar-refractivity contribution in [3.63, 3.8) is 0 Å². The lowest BCUT2D eigenvalue weighted by atomic mass is 10.1. The molecule has 0 aromatic heterocycles. The minimum absolute atomic E-state index is 0.104. The molecule has 1 amide bonds. The Hall–Kier alpha value is -1.88. The number of aliphatic carboxylic acids is 1. The van der Waals surface area contributed by atoms with Gasteiger partial charge in [-0.3, -0.25) is 9.59 Å². The molecular formula is C15H20N2O3. The zero-order valence-corrected chi connectivity index (χ0v) is 11.4. The number of rotatable bonds is 6. The normalized spacial score (nSPS) is 16.1. The van der Waals surface area contributed by atoms with Gasteiger partial charge >= 0.3 is 5.97 Å². The number of hydrogen-bond donors (Lipinski definition) is 2. The van der Waals surface area contributed by atoms with Gasteiger partial charge in [-0.05, 0) is 18.4 Å². The molecule has 1 heterocycles. The summed E-state index contributed by atoms with van der Waals surface area (Å²) >= 11 is 0. The van der Waals surface area contributed by atoms with Gasteiger partial charge in [-0.2, -0.15) is 0 Å². The Morgan fingerprint density at radius 3 is 2.45 bits per heavy atom. The Bertz CT molecular complexity index is 455. The molecule has 20 heavy (non-hydrogen) atoms. The van der Waals surface area contributed by atoms with Gasteiger partial charge in [-0.1, -0.05) is 30.3 Å². The first-order valence-electron chi connectivity index (χ1n) is 6.97. The van der Waals surface area contributed by atoms with E-state index in [1.807, 2.05) is 23.1 Å². The summed E-state index contributed by atoms with van der Waals surface area (Å²) in [5.74, 6) is -0.822. The highest BCUT2D eigenvalue weighted by Gasteiger charge is 2.21. The fourth-order valence-electron chi connectivity index (χ4n) is 2.44. The lowest BCUT2D eigenvalue weighted by Crippen LogP contribution is -2.34. The third-order valence-corrected chi connectivity index (χ3v) is 3.53. The number of carbonyl (C=O) groups excluding carboxylic acids is 1. The molecule has 1 aliphatic heterocycles. The van der Waals surface area contributed by atoms with Crippen molar-refractivity contribution in [1.82, 2.24) is 10.2 Å². The SMILES string of the molecule is O=C(O)C(NCCC(=O)N1CCCC1)c1ccccc1. The molecule has 0 spiro atoms. The molecule has 1 saturated heterocycles. The summed E-state index contributed by atoms with van der Waals surface area (Å²) in [7, 11) is 0. The minimum atomic E-state index is -0.926. The second-order valence-corrected chi connectivity index (χ2v) is 4.97. The second kappa shape index (κ2) is 7.05. The first-order chi connectivity index (χ1) is 9.68. The van der Waals surface area contributed by atoms with Gasteiger partial charge in [-0.25, -0.2) is 0 Å². The molecule has 1 unspecified atom stereocenters. The summed E-state index contributed by atoms with van der Waals surface area (Å²) in [4.78, 5) is 25.0. The largest absolute Gasteiger partial charge is 0.480 e. The minimum Gasteiger partial charge on any atom is -0.480 e. The number of likely N-dealkylation sites (tertiary alicyclic amines) is 1. The molecule has 2 N–H and O–H groups in total. The van der Waals surface area contributed by atoms with Crippen molar-refractivity contribution in [2.75, 3.05) is 19.6 Å². The van der Waals surface area contributed by atoms with Gasteiger partial charge in [0.2, 0.25) is 5.91 Å². The molecule has 108 valence electrons. The summed E-state index contributed by atoms with van der Waals surface area (Å²) in [6.45, 7) is 2.04. The third kappa shape index (κ3) is 3.81. The molecule has 1 aliphatic rings. The van der Waals surface area contributed by atoms with Crippen LogP contribution in [0.5, 0.6) is 0 Å². The Morgan fingerprint density at radius 1 is 1.20 bits per heavy atom. The van der Waals surface area contributed by atoms with Crippen molar-refractivity contribution in [3.8, 4) is 0 Å². The summed E-state index contributed by atoms with van der Waals surface area (Å²) in [5.41, 5.74) is 0.702. The average Bonchev–Trinajstić information content (AvgIpc) is 2.98. The Morgan fingerprint density at radius 2 is 1.85 bits per heavy atom. The van der Waals surface area contributed by atoms with E-state index in [0.717, 1.165) is 25.9 Å². The van der Waals surface area contributed by atoms with Crippen molar-refractivity contribution in [2.24, 2.45) is 0 Å². The van der Waals surface area contributed by atoms with Crippen LogP contribution in [0.15, 0.2) is 30.3 Å². The topological polar surface area (TPSA) is 69.6 Å². The smallest absolute Gasteiger partial charge is 0.325 e. The summed E-state index contributed by atoms with van der Waals surface area (Å²) in [6.07, 6.45) is 2.48. The number of hydrogen-bond acceptors (Lipinski definition) is 3. The summed E-state index contributed by atoms with van der Waals surface area (Å²) in [6, 6.07) is 8.24. The molecule has 0 aliphatic carbocycles. The highest BCUT2D eigenvalue weighted by molar-refractivity contribution is 5.77. The number of amides is 1. The molecule has 1 atom stereocenters. The monoisotopic (exact) mass is 276 g/mol. The predicted octanol–water partition coefficient (Wildman–Crippen LogP) is 1.41. The van der Waals surface area contributed by atoms with E-state index in [4.69, 9.17) is 0 Å². The number of benzene rings is 1. The molecule has 0 bridgehead atoms. The molecular weight excluding hydrogens is 256 g/mol. The molecule has 0 saturated carbocycles. The zero-order chi connectivity index (χ0) is 14.4. The van der Waals surface area contributed by atoms with Gasteiger partial charge in [0.05, 0.1) is 0 Å². The van der Waals surface area contributed by atoms with Crippen LogP contribution in [0.25, 0.3) is 0 Å². The molecule has 1 aromatic carbocycles. The van der Waals surface area contributed by atoms with Crippen LogP contribution >= 0.6 is 0 Å². The third-order valence-electron chi connectivity index (χ3n) is 3.53. The van der Waals surface area contributed by atoms with Gasteiger partial charge < -0.3 is 15.3 Å². The van der Waals surface area contributed by atoms with Crippen LogP contribution < -0.4 is 5.32 Å². The van der Waals surface area contributed by atoms with Crippen molar-refractivity contribution in [1.29, 1.82) is 0 Å². The van der Waals surface area contributed by atoms with Gasteiger partial charge in [0.25, 0.3) is 0 Å². The van der Waals surface area contributed by atoms with E-state index in [2.05, 4.69) is 5.32 Å². The highest BCUT2D eigenvalue weighted by atomic mass is 16.4. The molecule has 5 nitrogen and oxygen atoms in total. The van der Waals surface area contributed by atoms with E-state index in [1.165, 1.54) is 0 Å². The van der Waals surface area contributed by atoms with Gasteiger partial charge in [-0.15, -0.1) is 0 Å². The second-order valence-electron chi connectivity index (χ2n) is 4.97. The fraction of sp³-hybridized carbons (Fsp3) is 0.467. The number of carboxylic acids is 1. The lowest BCUT2D eigenvalue weighted by molar-refractivity contribution is -0.140. The van der Waals surface area contributed by atoms with Crippen molar-refractivity contribution < 1.29 is 14.7 Å². The van der Waals surface area contributed by atoms with Crippen LogP contribution in [0.1, 0.15) is 30.9 Å². The van der Waals surface area contributed by atoms with Crippen LogP contribution in [0, 0.1) is 0 Å². The lowest BCUT2D eigenvalue weighted by Gasteiger charge is -2.17. The number of nitrogens with zero attached hydrogens (tertiary/aromatic N) is 1. The zero-order valence-electron chi connectivity index (χ0n) is 11.4. The van der Waals surface area contributed by atoms with Gasteiger partial charge in [0.1, 0.15) is 6.04 Å². The number of nitrogens with one attached hydrogen (secondary N) is 1. The standard InChI is InChI=1S/C15H20N2O3/c18-13(17-10-4-5-11-17)8-9-16-14(15(19)20)12-6-2-1-3-7-12/h1-3,6-7,14,16H,4-5,8-11H2,(H,19,20). The van der Waals surface area contributed by atoms with E-state index >= 15 is 0 Å². The van der Waals surface area contributed by atoms with Crippen LogP contribution in [0.2, 0.25) is 0 Å². The maximum Gasteiger partial charge on any atom is 0.325 e. The Labute approximate surface area is 118 Å². The molecule has 2 rings (SSSR count). The van der Waals surface area contributed by atoms with E-state index < -0.39 is 12.0 Å². The Kier molecular flexibility index (Phi) is 5.12. The Balaban J connectivity index is 1.84. The highest BCUT2D eigenvalue weighted by Crippen LogP contribution is 2.13. The summed E-state index contributed by atoms with van der Waals surface area (Å²) < 4.78 is 0. The van der Waals surface area contributed by atoms with E-state index in [9.17, 15) is 14.7 Å². The number of carbonyl (C=O) groups is 2. The van der Waals surface area contributed by atoms with E-state index in [1.54, 1.807) is 12.1 Å². The maximum atomic E-state index is 11.9. The van der Waals surface area contributed by atoms with Gasteiger partial charge in [0, 0.05) is 26.1 Å². The first-order valence-corrected chi connectivity index (χ1v) is 6.97. The number of carboxylic acid groups (broad SMARTS) is 1. The van der Waals surface area contributed by atoms with Gasteiger partial charge in [0.15, 0.2) is 0 Å². The van der Waals surface area contributed by atoms with Crippen LogP contribution in [-0.4, -0.2) is 41.5 Å². The van der Waals surface area contributed by atoms with Crippen LogP contribution in [-0.2, 0) is 9.59 Å². The first kappa shape index (κ1) is 14.5. The van der Waals surface area contributed by atoms with E-state index in [0.29, 0.717) is 18.5 Å².